The zero-order valence-electron chi connectivity index (χ0n) is 12.5. The molecule has 5 heteroatoms. The molecule has 2 unspecified atom stereocenters. The van der Waals surface area contributed by atoms with Crippen LogP contribution in [0.4, 0.5) is 4.39 Å². The fourth-order valence-corrected chi connectivity index (χ4v) is 4.20. The minimum atomic E-state index is -0.184. The van der Waals surface area contributed by atoms with E-state index in [-0.39, 0.29) is 41.5 Å². The third-order valence-corrected chi connectivity index (χ3v) is 5.60. The minimum Gasteiger partial charge on any atom is -0.349 e. The van der Waals surface area contributed by atoms with Crippen LogP contribution in [0.5, 0.6) is 0 Å². The Morgan fingerprint density at radius 1 is 1.32 bits per heavy atom. The molecule has 3 nitrogen and oxygen atoms in total. The summed E-state index contributed by atoms with van der Waals surface area (Å²) in [5, 5.41) is 6.57. The molecule has 2 N–H and O–H groups in total. The second-order valence-corrected chi connectivity index (χ2v) is 6.81. The Morgan fingerprint density at radius 2 is 2.09 bits per heavy atom. The molecular formula is C17H22ClFN2O. The largest absolute Gasteiger partial charge is 0.349 e. The summed E-state index contributed by atoms with van der Waals surface area (Å²) < 4.78 is 13.2. The van der Waals surface area contributed by atoms with Crippen LogP contribution in [0.3, 0.4) is 0 Å². The molecule has 2 aliphatic carbocycles. The third-order valence-electron chi connectivity index (χ3n) is 5.60. The molecule has 1 aliphatic heterocycles. The lowest BCUT2D eigenvalue weighted by molar-refractivity contribution is -0.124. The number of benzene rings is 1. The van der Waals surface area contributed by atoms with Crippen LogP contribution in [-0.2, 0) is 11.2 Å². The zero-order chi connectivity index (χ0) is 14.4. The lowest BCUT2D eigenvalue weighted by Gasteiger charge is -2.23. The normalized spacial score (nSPS) is 27.9. The van der Waals surface area contributed by atoms with Crippen LogP contribution in [0.1, 0.15) is 42.9 Å². The number of carbonyl (C=O) groups excluding carboxylic acids is 1. The molecule has 1 spiro atoms. The molecule has 1 saturated carbocycles. The van der Waals surface area contributed by atoms with Crippen molar-refractivity contribution in [3.63, 3.8) is 0 Å². The number of nitrogens with one attached hydrogen (secondary N) is 2. The smallest absolute Gasteiger partial charge is 0.224 e. The van der Waals surface area contributed by atoms with Crippen molar-refractivity contribution in [3.05, 3.63) is 35.1 Å². The van der Waals surface area contributed by atoms with Crippen molar-refractivity contribution in [2.24, 2.45) is 11.3 Å². The van der Waals surface area contributed by atoms with Crippen molar-refractivity contribution in [2.75, 3.05) is 13.1 Å². The summed E-state index contributed by atoms with van der Waals surface area (Å²) in [6, 6.07) is 5.00. The number of halogens is 2. The van der Waals surface area contributed by atoms with Crippen LogP contribution in [0.15, 0.2) is 18.2 Å². The van der Waals surface area contributed by atoms with E-state index >= 15 is 0 Å². The van der Waals surface area contributed by atoms with Gasteiger partial charge in [0.15, 0.2) is 0 Å². The summed E-state index contributed by atoms with van der Waals surface area (Å²) >= 11 is 0. The lowest BCUT2D eigenvalue weighted by Crippen LogP contribution is -2.34. The van der Waals surface area contributed by atoms with E-state index in [4.69, 9.17) is 0 Å². The topological polar surface area (TPSA) is 41.1 Å². The van der Waals surface area contributed by atoms with Gasteiger partial charge >= 0.3 is 0 Å². The minimum absolute atomic E-state index is 0. The highest BCUT2D eigenvalue weighted by molar-refractivity contribution is 5.85. The highest BCUT2D eigenvalue weighted by Crippen LogP contribution is 2.58. The average Bonchev–Trinajstić information content (AvgIpc) is 3.03. The molecule has 0 radical (unpaired) electrons. The summed E-state index contributed by atoms with van der Waals surface area (Å²) in [4.78, 5) is 12.5. The Balaban J connectivity index is 0.00000144. The van der Waals surface area contributed by atoms with Crippen LogP contribution in [-0.4, -0.2) is 19.0 Å². The first-order valence-electron chi connectivity index (χ1n) is 7.97. The zero-order valence-corrected chi connectivity index (χ0v) is 13.3. The number of aryl methyl sites for hydroxylation is 1. The van der Waals surface area contributed by atoms with E-state index in [1.54, 1.807) is 6.07 Å². The van der Waals surface area contributed by atoms with Gasteiger partial charge in [0.2, 0.25) is 5.91 Å². The predicted molar refractivity (Wildman–Crippen MR) is 85.5 cm³/mol. The molecule has 0 bridgehead atoms. The Labute approximate surface area is 136 Å². The van der Waals surface area contributed by atoms with Gasteiger partial charge < -0.3 is 10.6 Å². The second-order valence-electron chi connectivity index (χ2n) is 6.81. The SMILES string of the molecule is Cl.O=C(NC1CCc2cc(F)ccc21)C1CC12CCNCC2. The maximum atomic E-state index is 13.2. The predicted octanol–water partition coefficient (Wildman–Crippen LogP) is 2.74. The molecule has 0 aromatic heterocycles. The first kappa shape index (κ1) is 15.8. The van der Waals surface area contributed by atoms with Gasteiger partial charge in [-0.25, -0.2) is 4.39 Å². The Bertz CT molecular complexity index is 586. The molecule has 1 aromatic rings. The maximum absolute atomic E-state index is 13.2. The second kappa shape index (κ2) is 5.82. The van der Waals surface area contributed by atoms with E-state index in [1.807, 2.05) is 6.07 Å². The van der Waals surface area contributed by atoms with Gasteiger partial charge in [-0.05, 0) is 73.9 Å². The monoisotopic (exact) mass is 324 g/mol. The van der Waals surface area contributed by atoms with Crippen molar-refractivity contribution in [2.45, 2.75) is 38.1 Å². The number of hydrogen-bond acceptors (Lipinski definition) is 2. The number of carbonyl (C=O) groups is 1. The molecule has 2 fully saturated rings. The first-order valence-corrected chi connectivity index (χ1v) is 7.97. The summed E-state index contributed by atoms with van der Waals surface area (Å²) in [5.74, 6) is 0.222. The van der Waals surface area contributed by atoms with Crippen molar-refractivity contribution < 1.29 is 9.18 Å². The van der Waals surface area contributed by atoms with Crippen molar-refractivity contribution >= 4 is 18.3 Å². The average molecular weight is 325 g/mol. The van der Waals surface area contributed by atoms with Crippen molar-refractivity contribution in [3.8, 4) is 0 Å². The van der Waals surface area contributed by atoms with Gasteiger partial charge in [0.25, 0.3) is 0 Å². The van der Waals surface area contributed by atoms with Gasteiger partial charge in [0.1, 0.15) is 5.82 Å². The molecule has 1 amide bonds. The number of fused-ring (bicyclic) bond motifs is 1. The summed E-state index contributed by atoms with van der Waals surface area (Å²) in [6.07, 6.45) is 5.04. The van der Waals surface area contributed by atoms with Crippen LogP contribution in [0.2, 0.25) is 0 Å². The molecule has 1 heterocycles. The molecule has 2 atom stereocenters. The van der Waals surface area contributed by atoms with E-state index in [1.165, 1.54) is 6.07 Å². The van der Waals surface area contributed by atoms with E-state index in [9.17, 15) is 9.18 Å². The van der Waals surface area contributed by atoms with Crippen LogP contribution < -0.4 is 10.6 Å². The van der Waals surface area contributed by atoms with Gasteiger partial charge in [0.05, 0.1) is 6.04 Å². The summed E-state index contributed by atoms with van der Waals surface area (Å²) in [7, 11) is 0. The number of amides is 1. The molecule has 4 rings (SSSR count). The van der Waals surface area contributed by atoms with Crippen LogP contribution >= 0.6 is 12.4 Å². The summed E-state index contributed by atoms with van der Waals surface area (Å²) in [6.45, 7) is 2.07. The van der Waals surface area contributed by atoms with Gasteiger partial charge in [-0.2, -0.15) is 0 Å². The standard InChI is InChI=1S/C17H21FN2O.ClH/c18-12-2-3-13-11(9-12)1-4-15(13)20-16(21)14-10-17(14)5-7-19-8-6-17;/h2-3,9,14-15,19H,1,4-8,10H2,(H,20,21);1H. The molecule has 120 valence electrons. The summed E-state index contributed by atoms with van der Waals surface area (Å²) in [5.41, 5.74) is 2.43. The molecular weight excluding hydrogens is 303 g/mol. The van der Waals surface area contributed by atoms with Crippen LogP contribution in [0.25, 0.3) is 0 Å². The van der Waals surface area contributed by atoms with Crippen LogP contribution in [0, 0.1) is 17.2 Å². The van der Waals surface area contributed by atoms with E-state index in [0.717, 1.165) is 56.3 Å². The van der Waals surface area contributed by atoms with Gasteiger partial charge in [-0.3, -0.25) is 4.79 Å². The van der Waals surface area contributed by atoms with Gasteiger partial charge in [0, 0.05) is 5.92 Å². The van der Waals surface area contributed by atoms with Gasteiger partial charge in [-0.1, -0.05) is 6.07 Å². The van der Waals surface area contributed by atoms with Crippen molar-refractivity contribution in [1.82, 2.24) is 10.6 Å². The number of piperidine rings is 1. The third kappa shape index (κ3) is 2.63. The molecule has 3 aliphatic rings. The number of rotatable bonds is 2. The van der Waals surface area contributed by atoms with Crippen molar-refractivity contribution in [1.29, 1.82) is 0 Å². The lowest BCUT2D eigenvalue weighted by atomic mass is 9.91. The van der Waals surface area contributed by atoms with E-state index in [0.29, 0.717) is 0 Å². The fourth-order valence-electron chi connectivity index (χ4n) is 4.20. The Hall–Kier alpha value is -1.13. The molecule has 1 saturated heterocycles. The molecule has 1 aromatic carbocycles. The van der Waals surface area contributed by atoms with E-state index < -0.39 is 0 Å². The highest BCUT2D eigenvalue weighted by atomic mass is 35.5. The maximum Gasteiger partial charge on any atom is 0.224 e. The quantitative estimate of drug-likeness (QED) is 0.878. The van der Waals surface area contributed by atoms with Gasteiger partial charge in [-0.15, -0.1) is 12.4 Å². The molecule has 22 heavy (non-hydrogen) atoms. The van der Waals surface area contributed by atoms with E-state index in [2.05, 4.69) is 10.6 Å². The highest BCUT2D eigenvalue weighted by Gasteiger charge is 2.57. The Kier molecular flexibility index (Phi) is 4.17. The fraction of sp³-hybridized carbons (Fsp3) is 0.588. The Morgan fingerprint density at radius 3 is 2.86 bits per heavy atom. The number of hydrogen-bond donors (Lipinski definition) is 2. The first-order chi connectivity index (χ1) is 10.2.